The fourth-order valence-corrected chi connectivity index (χ4v) is 2.95. The first-order chi connectivity index (χ1) is 12.4. The molecular formula is C17H21ClF3N5O. The van der Waals surface area contributed by atoms with Crippen LogP contribution in [0.15, 0.2) is 30.5 Å². The number of halogens is 4. The van der Waals surface area contributed by atoms with Gasteiger partial charge in [-0.15, -0.1) is 17.5 Å². The van der Waals surface area contributed by atoms with Gasteiger partial charge < -0.3 is 10.6 Å². The summed E-state index contributed by atoms with van der Waals surface area (Å²) in [6, 6.07) is 6.67. The van der Waals surface area contributed by atoms with E-state index in [0.29, 0.717) is 11.3 Å². The standard InChI is InChI=1S/C17H20F3N5O.ClH/c18-17(19,20)8-5-12-3-1-2-4-14(12)22-16(26)15-11-25(24-23-15)13-6-9-21-10-7-13;/h1-4,11,13,21H,5-10H2,(H,22,26);1H. The van der Waals surface area contributed by atoms with E-state index in [0.717, 1.165) is 25.9 Å². The molecule has 2 heterocycles. The van der Waals surface area contributed by atoms with E-state index in [9.17, 15) is 18.0 Å². The molecule has 0 radical (unpaired) electrons. The maximum Gasteiger partial charge on any atom is 0.389 e. The van der Waals surface area contributed by atoms with Crippen molar-refractivity contribution < 1.29 is 18.0 Å². The first-order valence-electron chi connectivity index (χ1n) is 8.51. The number of rotatable bonds is 5. The van der Waals surface area contributed by atoms with E-state index in [4.69, 9.17) is 0 Å². The van der Waals surface area contributed by atoms with Gasteiger partial charge in [0.1, 0.15) is 0 Å². The van der Waals surface area contributed by atoms with Crippen molar-refractivity contribution in [1.82, 2.24) is 20.3 Å². The SMILES string of the molecule is Cl.O=C(Nc1ccccc1CCC(F)(F)F)c1cn(C2CCNCC2)nn1. The molecule has 0 aliphatic carbocycles. The number of anilines is 1. The van der Waals surface area contributed by atoms with Crippen molar-refractivity contribution in [3.05, 3.63) is 41.7 Å². The number of nitrogens with zero attached hydrogens (tertiary/aromatic N) is 3. The van der Waals surface area contributed by atoms with Crippen molar-refractivity contribution in [2.75, 3.05) is 18.4 Å². The maximum atomic E-state index is 12.5. The average Bonchev–Trinajstić information content (AvgIpc) is 3.11. The van der Waals surface area contributed by atoms with E-state index in [1.54, 1.807) is 35.1 Å². The topological polar surface area (TPSA) is 71.8 Å². The Hall–Kier alpha value is -2.13. The minimum atomic E-state index is -4.24. The van der Waals surface area contributed by atoms with Crippen LogP contribution in [0.5, 0.6) is 0 Å². The summed E-state index contributed by atoms with van der Waals surface area (Å²) < 4.78 is 39.1. The molecule has 0 spiro atoms. The Bertz CT molecular complexity index is 759. The summed E-state index contributed by atoms with van der Waals surface area (Å²) in [5.41, 5.74) is 0.941. The number of carbonyl (C=O) groups excluding carboxylic acids is 1. The molecule has 0 atom stereocenters. The largest absolute Gasteiger partial charge is 0.389 e. The fourth-order valence-electron chi connectivity index (χ4n) is 2.95. The van der Waals surface area contributed by atoms with Crippen LogP contribution in [0.2, 0.25) is 0 Å². The molecule has 2 aromatic rings. The third-order valence-electron chi connectivity index (χ3n) is 4.37. The number of aromatic nitrogens is 3. The van der Waals surface area contributed by atoms with Crippen LogP contribution in [-0.2, 0) is 6.42 Å². The van der Waals surface area contributed by atoms with Gasteiger partial charge in [-0.1, -0.05) is 23.4 Å². The zero-order valence-electron chi connectivity index (χ0n) is 14.5. The lowest BCUT2D eigenvalue weighted by atomic mass is 10.1. The van der Waals surface area contributed by atoms with Gasteiger partial charge in [0.25, 0.3) is 5.91 Å². The van der Waals surface area contributed by atoms with Crippen LogP contribution in [0.25, 0.3) is 0 Å². The van der Waals surface area contributed by atoms with Crippen LogP contribution in [-0.4, -0.2) is 40.2 Å². The molecule has 1 aromatic heterocycles. The third-order valence-corrected chi connectivity index (χ3v) is 4.37. The van der Waals surface area contributed by atoms with Crippen molar-refractivity contribution in [2.45, 2.75) is 37.9 Å². The number of nitrogens with one attached hydrogen (secondary N) is 2. The Labute approximate surface area is 160 Å². The number of benzene rings is 1. The molecule has 1 aliphatic rings. The zero-order chi connectivity index (χ0) is 18.6. The summed E-state index contributed by atoms with van der Waals surface area (Å²) in [4.78, 5) is 12.4. The number of piperidine rings is 1. The number of hydrogen-bond donors (Lipinski definition) is 2. The van der Waals surface area contributed by atoms with Crippen LogP contribution >= 0.6 is 12.4 Å². The molecule has 148 valence electrons. The second-order valence-electron chi connectivity index (χ2n) is 6.29. The van der Waals surface area contributed by atoms with Crippen LogP contribution in [0, 0.1) is 0 Å². The summed E-state index contributed by atoms with van der Waals surface area (Å²) in [5.74, 6) is -0.482. The van der Waals surface area contributed by atoms with Crippen LogP contribution in [0.3, 0.4) is 0 Å². The summed E-state index contributed by atoms with van der Waals surface area (Å²) in [6.45, 7) is 1.78. The molecule has 1 aliphatic heterocycles. The van der Waals surface area contributed by atoms with Gasteiger partial charge in [-0.05, 0) is 44.0 Å². The van der Waals surface area contributed by atoms with E-state index in [2.05, 4.69) is 20.9 Å². The van der Waals surface area contributed by atoms with Gasteiger partial charge in [-0.2, -0.15) is 13.2 Å². The monoisotopic (exact) mass is 403 g/mol. The lowest BCUT2D eigenvalue weighted by molar-refractivity contribution is -0.133. The Balaban J connectivity index is 0.00000261. The van der Waals surface area contributed by atoms with E-state index >= 15 is 0 Å². The van der Waals surface area contributed by atoms with Gasteiger partial charge in [0.2, 0.25) is 0 Å². The number of para-hydroxylation sites is 1. The van der Waals surface area contributed by atoms with Gasteiger partial charge >= 0.3 is 6.18 Å². The Morgan fingerprint density at radius 3 is 2.67 bits per heavy atom. The van der Waals surface area contributed by atoms with Crippen LogP contribution in [0.4, 0.5) is 18.9 Å². The van der Waals surface area contributed by atoms with Crippen molar-refractivity contribution in [1.29, 1.82) is 0 Å². The van der Waals surface area contributed by atoms with E-state index in [1.165, 1.54) is 0 Å². The smallest absolute Gasteiger partial charge is 0.320 e. The summed E-state index contributed by atoms with van der Waals surface area (Å²) in [5, 5.41) is 13.8. The number of hydrogen-bond acceptors (Lipinski definition) is 4. The quantitative estimate of drug-likeness (QED) is 0.803. The Morgan fingerprint density at radius 2 is 1.96 bits per heavy atom. The molecule has 1 aromatic carbocycles. The summed E-state index contributed by atoms with van der Waals surface area (Å²) in [6.07, 6.45) is -1.97. The Kier molecular flexibility index (Phi) is 7.20. The summed E-state index contributed by atoms with van der Waals surface area (Å²) in [7, 11) is 0. The molecule has 1 amide bonds. The van der Waals surface area contributed by atoms with Crippen LogP contribution < -0.4 is 10.6 Å². The number of amides is 1. The van der Waals surface area contributed by atoms with Gasteiger partial charge in [-0.3, -0.25) is 4.79 Å². The number of carbonyl (C=O) groups is 1. The maximum absolute atomic E-state index is 12.5. The van der Waals surface area contributed by atoms with E-state index in [1.807, 2.05) is 0 Å². The molecule has 0 unspecified atom stereocenters. The first kappa shape index (κ1) is 21.2. The normalized spacial score (nSPS) is 15.2. The molecule has 0 saturated carbocycles. The first-order valence-corrected chi connectivity index (χ1v) is 8.51. The molecule has 1 saturated heterocycles. The second kappa shape index (κ2) is 9.18. The molecule has 27 heavy (non-hydrogen) atoms. The number of aryl methyl sites for hydroxylation is 1. The highest BCUT2D eigenvalue weighted by molar-refractivity contribution is 6.03. The molecular weight excluding hydrogens is 383 g/mol. The zero-order valence-corrected chi connectivity index (χ0v) is 15.3. The third kappa shape index (κ3) is 5.93. The lowest BCUT2D eigenvalue weighted by Crippen LogP contribution is -2.29. The van der Waals surface area contributed by atoms with Crippen molar-refractivity contribution in [3.63, 3.8) is 0 Å². The fraction of sp³-hybridized carbons (Fsp3) is 0.471. The highest BCUT2D eigenvalue weighted by Crippen LogP contribution is 2.25. The molecule has 10 heteroatoms. The average molecular weight is 404 g/mol. The predicted octanol–water partition coefficient (Wildman–Crippen LogP) is 3.37. The van der Waals surface area contributed by atoms with Crippen LogP contribution in [0.1, 0.15) is 41.4 Å². The minimum Gasteiger partial charge on any atom is -0.320 e. The van der Waals surface area contributed by atoms with Gasteiger partial charge in [0, 0.05) is 12.1 Å². The van der Waals surface area contributed by atoms with E-state index in [-0.39, 0.29) is 30.6 Å². The predicted molar refractivity (Wildman–Crippen MR) is 97.2 cm³/mol. The minimum absolute atomic E-state index is 0. The molecule has 0 bridgehead atoms. The highest BCUT2D eigenvalue weighted by Gasteiger charge is 2.27. The Morgan fingerprint density at radius 1 is 1.26 bits per heavy atom. The van der Waals surface area contributed by atoms with Gasteiger partial charge in [0.05, 0.1) is 12.2 Å². The molecule has 3 rings (SSSR count). The highest BCUT2D eigenvalue weighted by atomic mass is 35.5. The lowest BCUT2D eigenvalue weighted by Gasteiger charge is -2.22. The molecule has 6 nitrogen and oxygen atoms in total. The summed E-state index contributed by atoms with van der Waals surface area (Å²) >= 11 is 0. The van der Waals surface area contributed by atoms with Crippen molar-refractivity contribution >= 4 is 24.0 Å². The van der Waals surface area contributed by atoms with Crippen molar-refractivity contribution in [3.8, 4) is 0 Å². The second-order valence-corrected chi connectivity index (χ2v) is 6.29. The van der Waals surface area contributed by atoms with E-state index < -0.39 is 18.5 Å². The van der Waals surface area contributed by atoms with Gasteiger partial charge in [0.15, 0.2) is 5.69 Å². The molecule has 1 fully saturated rings. The van der Waals surface area contributed by atoms with Gasteiger partial charge in [-0.25, -0.2) is 4.68 Å². The van der Waals surface area contributed by atoms with Crippen molar-refractivity contribution in [2.24, 2.45) is 0 Å². The molecule has 2 N–H and O–H groups in total. The number of alkyl halides is 3.